The Morgan fingerprint density at radius 3 is 3.12 bits per heavy atom. The van der Waals surface area contributed by atoms with Gasteiger partial charge in [-0.2, -0.15) is 0 Å². The Bertz CT molecular complexity index is 342. The van der Waals surface area contributed by atoms with E-state index in [1.54, 1.807) is 11.3 Å². The first kappa shape index (κ1) is 14.5. The molecule has 1 saturated heterocycles. The van der Waals surface area contributed by atoms with E-state index in [4.69, 9.17) is 0 Å². The molecule has 0 spiro atoms. The molecule has 1 N–H and O–H groups in total. The van der Waals surface area contributed by atoms with Crippen molar-refractivity contribution >= 4 is 29.7 Å². The van der Waals surface area contributed by atoms with Gasteiger partial charge in [0, 0.05) is 37.0 Å². The summed E-state index contributed by atoms with van der Waals surface area (Å²) in [7, 11) is 0. The van der Waals surface area contributed by atoms with E-state index in [-0.39, 0.29) is 12.4 Å². The van der Waals surface area contributed by atoms with Gasteiger partial charge in [-0.25, -0.2) is 0 Å². The number of thiophene rings is 1. The van der Waals surface area contributed by atoms with Gasteiger partial charge in [0.05, 0.1) is 0 Å². The number of amides is 1. The van der Waals surface area contributed by atoms with Crippen molar-refractivity contribution in [3.8, 4) is 0 Å². The maximum atomic E-state index is 12.0. The van der Waals surface area contributed by atoms with Crippen LogP contribution in [0.15, 0.2) is 17.5 Å². The van der Waals surface area contributed by atoms with Gasteiger partial charge in [-0.15, -0.1) is 23.7 Å². The Morgan fingerprint density at radius 1 is 1.65 bits per heavy atom. The predicted octanol–water partition coefficient (Wildman–Crippen LogP) is 1.92. The van der Waals surface area contributed by atoms with E-state index in [1.165, 1.54) is 4.88 Å². The third-order valence-corrected chi connectivity index (χ3v) is 3.92. The molecular weight excluding hydrogens is 256 g/mol. The summed E-state index contributed by atoms with van der Waals surface area (Å²) in [6, 6.07) is 4.47. The molecule has 1 aliphatic rings. The van der Waals surface area contributed by atoms with Crippen LogP contribution in [0.25, 0.3) is 0 Å². The Hall–Kier alpha value is -0.580. The lowest BCUT2D eigenvalue weighted by atomic mass is 10.1. The minimum Gasteiger partial charge on any atom is -0.337 e. The highest BCUT2D eigenvalue weighted by Gasteiger charge is 2.22. The summed E-state index contributed by atoms with van der Waals surface area (Å²) in [4.78, 5) is 15.3. The third kappa shape index (κ3) is 3.98. The Kier molecular flexibility index (Phi) is 5.95. The SMILES string of the molecule is C[C@@H]1CNCCN1C(=O)CCc1cccs1.Cl. The van der Waals surface area contributed by atoms with Crippen LogP contribution in [0.4, 0.5) is 0 Å². The van der Waals surface area contributed by atoms with Crippen LogP contribution >= 0.6 is 23.7 Å². The maximum absolute atomic E-state index is 12.0. The lowest BCUT2D eigenvalue weighted by molar-refractivity contribution is -0.133. The molecule has 0 aliphatic carbocycles. The highest BCUT2D eigenvalue weighted by molar-refractivity contribution is 7.09. The van der Waals surface area contributed by atoms with E-state index < -0.39 is 0 Å². The molecule has 3 nitrogen and oxygen atoms in total. The molecule has 1 atom stereocenters. The minimum atomic E-state index is 0. The molecule has 0 aromatic carbocycles. The minimum absolute atomic E-state index is 0. The standard InChI is InChI=1S/C12H18N2OS.ClH/c1-10-9-13-6-7-14(10)12(15)5-4-11-3-2-8-16-11;/h2-3,8,10,13H,4-7,9H2,1H3;1H/t10-;/m1./s1. The molecular formula is C12H19ClN2OS. The van der Waals surface area contributed by atoms with Gasteiger partial charge in [0.25, 0.3) is 0 Å². The number of piperazine rings is 1. The molecule has 0 unspecified atom stereocenters. The topological polar surface area (TPSA) is 32.3 Å². The van der Waals surface area contributed by atoms with Crippen LogP contribution in [0.3, 0.4) is 0 Å². The molecule has 2 rings (SSSR count). The van der Waals surface area contributed by atoms with Crippen LogP contribution in [-0.2, 0) is 11.2 Å². The largest absolute Gasteiger partial charge is 0.337 e. The van der Waals surface area contributed by atoms with Crippen LogP contribution in [0.5, 0.6) is 0 Å². The quantitative estimate of drug-likeness (QED) is 0.913. The van der Waals surface area contributed by atoms with E-state index in [9.17, 15) is 4.79 Å². The van der Waals surface area contributed by atoms with Crippen molar-refractivity contribution in [2.75, 3.05) is 19.6 Å². The van der Waals surface area contributed by atoms with Gasteiger partial charge in [-0.05, 0) is 24.8 Å². The fourth-order valence-electron chi connectivity index (χ4n) is 2.04. The van der Waals surface area contributed by atoms with Gasteiger partial charge in [-0.1, -0.05) is 6.07 Å². The number of nitrogens with zero attached hydrogens (tertiary/aromatic N) is 1. The highest BCUT2D eigenvalue weighted by Crippen LogP contribution is 2.13. The van der Waals surface area contributed by atoms with Crippen molar-refractivity contribution < 1.29 is 4.79 Å². The molecule has 1 aromatic heterocycles. The van der Waals surface area contributed by atoms with Gasteiger partial charge in [0.15, 0.2) is 0 Å². The van der Waals surface area contributed by atoms with Gasteiger partial charge in [0.2, 0.25) is 5.91 Å². The van der Waals surface area contributed by atoms with Crippen molar-refractivity contribution in [3.63, 3.8) is 0 Å². The first-order valence-electron chi connectivity index (χ1n) is 5.80. The van der Waals surface area contributed by atoms with Crippen LogP contribution in [0, 0.1) is 0 Å². The Balaban J connectivity index is 0.00000144. The molecule has 1 aliphatic heterocycles. The summed E-state index contributed by atoms with van der Waals surface area (Å²) < 4.78 is 0. The number of aryl methyl sites for hydroxylation is 1. The number of hydrogen-bond acceptors (Lipinski definition) is 3. The average molecular weight is 275 g/mol. The third-order valence-electron chi connectivity index (χ3n) is 2.99. The summed E-state index contributed by atoms with van der Waals surface area (Å²) in [6.45, 7) is 4.81. The van der Waals surface area contributed by atoms with Gasteiger partial charge < -0.3 is 10.2 Å². The predicted molar refractivity (Wildman–Crippen MR) is 73.9 cm³/mol. The lowest BCUT2D eigenvalue weighted by Gasteiger charge is -2.34. The zero-order valence-corrected chi connectivity index (χ0v) is 11.6. The first-order chi connectivity index (χ1) is 7.77. The molecule has 96 valence electrons. The number of halogens is 1. The van der Waals surface area contributed by atoms with E-state index in [1.807, 2.05) is 11.0 Å². The van der Waals surface area contributed by atoms with Gasteiger partial charge >= 0.3 is 0 Å². The van der Waals surface area contributed by atoms with Crippen molar-refractivity contribution in [2.45, 2.75) is 25.8 Å². The number of carbonyl (C=O) groups excluding carboxylic acids is 1. The maximum Gasteiger partial charge on any atom is 0.223 e. The Labute approximate surface area is 113 Å². The van der Waals surface area contributed by atoms with Crippen molar-refractivity contribution in [1.82, 2.24) is 10.2 Å². The summed E-state index contributed by atoms with van der Waals surface area (Å²) >= 11 is 1.73. The van der Waals surface area contributed by atoms with E-state index in [0.29, 0.717) is 18.4 Å². The molecule has 17 heavy (non-hydrogen) atoms. The van der Waals surface area contributed by atoms with Gasteiger partial charge in [-0.3, -0.25) is 4.79 Å². The molecule has 2 heterocycles. The summed E-state index contributed by atoms with van der Waals surface area (Å²) in [6.07, 6.45) is 1.53. The van der Waals surface area contributed by atoms with Crippen molar-refractivity contribution in [1.29, 1.82) is 0 Å². The lowest BCUT2D eigenvalue weighted by Crippen LogP contribution is -2.52. The molecule has 0 saturated carbocycles. The summed E-state index contributed by atoms with van der Waals surface area (Å²) in [5.41, 5.74) is 0. The van der Waals surface area contributed by atoms with Crippen molar-refractivity contribution in [2.24, 2.45) is 0 Å². The van der Waals surface area contributed by atoms with Gasteiger partial charge in [0.1, 0.15) is 0 Å². The number of rotatable bonds is 3. The second kappa shape index (κ2) is 6.99. The Morgan fingerprint density at radius 2 is 2.47 bits per heavy atom. The number of carbonyl (C=O) groups is 1. The highest BCUT2D eigenvalue weighted by atomic mass is 35.5. The second-order valence-electron chi connectivity index (χ2n) is 4.22. The van der Waals surface area contributed by atoms with Crippen LogP contribution in [-0.4, -0.2) is 36.5 Å². The summed E-state index contributed by atoms with van der Waals surface area (Å²) in [5.74, 6) is 0.294. The molecule has 1 aromatic rings. The molecule has 1 fully saturated rings. The fourth-order valence-corrected chi connectivity index (χ4v) is 2.75. The zero-order chi connectivity index (χ0) is 11.4. The smallest absolute Gasteiger partial charge is 0.223 e. The molecule has 5 heteroatoms. The average Bonchev–Trinajstić information content (AvgIpc) is 2.79. The number of nitrogens with one attached hydrogen (secondary N) is 1. The molecule has 0 bridgehead atoms. The normalized spacial score (nSPS) is 19.8. The van der Waals surface area contributed by atoms with E-state index in [2.05, 4.69) is 23.7 Å². The summed E-state index contributed by atoms with van der Waals surface area (Å²) in [5, 5.41) is 5.36. The van der Waals surface area contributed by atoms with Crippen LogP contribution < -0.4 is 5.32 Å². The van der Waals surface area contributed by atoms with Crippen LogP contribution in [0.1, 0.15) is 18.2 Å². The van der Waals surface area contributed by atoms with E-state index in [0.717, 1.165) is 26.1 Å². The monoisotopic (exact) mass is 274 g/mol. The zero-order valence-electron chi connectivity index (χ0n) is 10.0. The van der Waals surface area contributed by atoms with Crippen LogP contribution in [0.2, 0.25) is 0 Å². The number of hydrogen-bond donors (Lipinski definition) is 1. The second-order valence-corrected chi connectivity index (χ2v) is 5.25. The molecule has 0 radical (unpaired) electrons. The van der Waals surface area contributed by atoms with Crippen molar-refractivity contribution in [3.05, 3.63) is 22.4 Å². The van der Waals surface area contributed by atoms with E-state index >= 15 is 0 Å². The fraction of sp³-hybridized carbons (Fsp3) is 0.583. The first-order valence-corrected chi connectivity index (χ1v) is 6.68. The molecule has 1 amide bonds.